The van der Waals surface area contributed by atoms with Crippen molar-refractivity contribution < 1.29 is 9.18 Å². The van der Waals surface area contributed by atoms with E-state index in [4.69, 9.17) is 5.73 Å². The van der Waals surface area contributed by atoms with Crippen LogP contribution in [-0.4, -0.2) is 24.5 Å². The molecule has 6 heteroatoms. The highest BCUT2D eigenvalue weighted by Gasteiger charge is 2.14. The van der Waals surface area contributed by atoms with Crippen LogP contribution in [0.1, 0.15) is 25.7 Å². The molecular formula is C14H19FN4O. The number of nitrogens with two attached hydrogens (primary N) is 1. The van der Waals surface area contributed by atoms with E-state index in [1.165, 1.54) is 31.0 Å². The van der Waals surface area contributed by atoms with E-state index in [9.17, 15) is 9.18 Å². The first-order valence-electron chi connectivity index (χ1n) is 6.75. The van der Waals surface area contributed by atoms with Gasteiger partial charge in [0.15, 0.2) is 5.96 Å². The highest BCUT2D eigenvalue weighted by molar-refractivity contribution is 5.93. The predicted molar refractivity (Wildman–Crippen MR) is 76.9 cm³/mol. The number of carbonyl (C=O) groups is 1. The molecule has 0 bridgehead atoms. The van der Waals surface area contributed by atoms with Crippen molar-refractivity contribution >= 4 is 17.6 Å². The minimum Gasteiger partial charge on any atom is -0.370 e. The fourth-order valence-corrected chi connectivity index (χ4v) is 2.25. The molecule has 2 rings (SSSR count). The Morgan fingerprint density at radius 1 is 1.40 bits per heavy atom. The van der Waals surface area contributed by atoms with Crippen LogP contribution in [0.4, 0.5) is 10.1 Å². The molecule has 0 aliphatic heterocycles. The van der Waals surface area contributed by atoms with Crippen molar-refractivity contribution in [2.45, 2.75) is 31.7 Å². The summed E-state index contributed by atoms with van der Waals surface area (Å²) < 4.78 is 13.0. The molecule has 1 aliphatic rings. The summed E-state index contributed by atoms with van der Waals surface area (Å²) in [6.45, 7) is -0.0813. The van der Waals surface area contributed by atoms with E-state index in [0.717, 1.165) is 12.8 Å². The van der Waals surface area contributed by atoms with Crippen LogP contribution in [0.5, 0.6) is 0 Å². The van der Waals surface area contributed by atoms with Crippen LogP contribution in [0.15, 0.2) is 29.3 Å². The molecule has 1 amide bonds. The van der Waals surface area contributed by atoms with Gasteiger partial charge in [-0.15, -0.1) is 0 Å². The van der Waals surface area contributed by atoms with Crippen molar-refractivity contribution in [1.29, 1.82) is 0 Å². The Morgan fingerprint density at radius 3 is 2.85 bits per heavy atom. The fourth-order valence-electron chi connectivity index (χ4n) is 2.25. The molecule has 20 heavy (non-hydrogen) atoms. The van der Waals surface area contributed by atoms with Gasteiger partial charge in [-0.05, 0) is 31.0 Å². The van der Waals surface area contributed by atoms with Crippen LogP contribution < -0.4 is 16.4 Å². The number of carbonyl (C=O) groups excluding carboxylic acids is 1. The molecule has 0 aromatic heterocycles. The maximum atomic E-state index is 13.0. The minimum absolute atomic E-state index is 0.0813. The molecule has 0 atom stereocenters. The second-order valence-electron chi connectivity index (χ2n) is 4.89. The van der Waals surface area contributed by atoms with Gasteiger partial charge in [-0.1, -0.05) is 18.9 Å². The van der Waals surface area contributed by atoms with E-state index in [2.05, 4.69) is 15.6 Å². The highest BCUT2D eigenvalue weighted by Crippen LogP contribution is 2.17. The van der Waals surface area contributed by atoms with E-state index < -0.39 is 5.82 Å². The van der Waals surface area contributed by atoms with Gasteiger partial charge < -0.3 is 16.4 Å². The molecule has 1 aromatic rings. The quantitative estimate of drug-likeness (QED) is 0.578. The summed E-state index contributed by atoms with van der Waals surface area (Å²) in [7, 11) is 0. The van der Waals surface area contributed by atoms with E-state index in [-0.39, 0.29) is 18.4 Å². The molecule has 0 radical (unpaired) electrons. The number of hydrogen-bond acceptors (Lipinski definition) is 2. The van der Waals surface area contributed by atoms with Crippen molar-refractivity contribution in [2.24, 2.45) is 10.7 Å². The van der Waals surface area contributed by atoms with Crippen molar-refractivity contribution in [1.82, 2.24) is 5.32 Å². The van der Waals surface area contributed by atoms with Crippen molar-refractivity contribution in [3.8, 4) is 0 Å². The van der Waals surface area contributed by atoms with E-state index >= 15 is 0 Å². The minimum atomic E-state index is -0.395. The third-order valence-electron chi connectivity index (χ3n) is 3.21. The van der Waals surface area contributed by atoms with Crippen molar-refractivity contribution in [3.63, 3.8) is 0 Å². The number of hydrogen-bond donors (Lipinski definition) is 3. The van der Waals surface area contributed by atoms with Gasteiger partial charge in [0.1, 0.15) is 12.4 Å². The number of amides is 1. The van der Waals surface area contributed by atoms with Crippen molar-refractivity contribution in [3.05, 3.63) is 30.1 Å². The molecule has 4 N–H and O–H groups in total. The monoisotopic (exact) mass is 278 g/mol. The summed E-state index contributed by atoms with van der Waals surface area (Å²) in [5, 5.41) is 5.66. The second-order valence-corrected chi connectivity index (χ2v) is 4.89. The SMILES string of the molecule is NC(=NCC(=O)Nc1cccc(F)c1)NC1CCCC1. The molecular weight excluding hydrogens is 259 g/mol. The number of halogens is 1. The second kappa shape index (κ2) is 6.88. The highest BCUT2D eigenvalue weighted by atomic mass is 19.1. The Hall–Kier alpha value is -2.11. The van der Waals surface area contributed by atoms with Gasteiger partial charge in [0.05, 0.1) is 0 Å². The summed E-state index contributed by atoms with van der Waals surface area (Å²) in [4.78, 5) is 15.6. The largest absolute Gasteiger partial charge is 0.370 e. The molecule has 0 spiro atoms. The Bertz CT molecular complexity index is 498. The number of benzene rings is 1. The van der Waals surface area contributed by atoms with Gasteiger partial charge in [0.2, 0.25) is 5.91 Å². The van der Waals surface area contributed by atoms with Crippen LogP contribution in [0.2, 0.25) is 0 Å². The van der Waals surface area contributed by atoms with Gasteiger partial charge in [0.25, 0.3) is 0 Å². The number of guanidine groups is 1. The lowest BCUT2D eigenvalue weighted by Crippen LogP contribution is -2.39. The maximum Gasteiger partial charge on any atom is 0.246 e. The molecule has 0 saturated heterocycles. The Kier molecular flexibility index (Phi) is 4.92. The zero-order valence-electron chi connectivity index (χ0n) is 11.2. The normalized spacial score (nSPS) is 16.1. The van der Waals surface area contributed by atoms with E-state index in [0.29, 0.717) is 11.7 Å². The topological polar surface area (TPSA) is 79.5 Å². The number of aliphatic imine (C=N–C) groups is 1. The standard InChI is InChI=1S/C14H19FN4O/c15-10-4-3-7-12(8-10)18-13(20)9-17-14(16)19-11-5-1-2-6-11/h3-4,7-8,11H,1-2,5-6,9H2,(H,18,20)(H3,16,17,19). The van der Waals surface area contributed by atoms with Gasteiger partial charge >= 0.3 is 0 Å². The van der Waals surface area contributed by atoms with Crippen LogP contribution in [-0.2, 0) is 4.79 Å². The first kappa shape index (κ1) is 14.3. The number of nitrogens with zero attached hydrogens (tertiary/aromatic N) is 1. The molecule has 0 unspecified atom stereocenters. The van der Waals surface area contributed by atoms with Gasteiger partial charge in [-0.25, -0.2) is 9.38 Å². The third-order valence-corrected chi connectivity index (χ3v) is 3.21. The zero-order valence-corrected chi connectivity index (χ0v) is 11.2. The van der Waals surface area contributed by atoms with E-state index in [1.807, 2.05) is 0 Å². The maximum absolute atomic E-state index is 13.0. The molecule has 1 fully saturated rings. The molecule has 108 valence electrons. The van der Waals surface area contributed by atoms with E-state index in [1.54, 1.807) is 6.07 Å². The predicted octanol–water partition coefficient (Wildman–Crippen LogP) is 1.61. The summed E-state index contributed by atoms with van der Waals surface area (Å²) in [5.74, 6) is -0.438. The summed E-state index contributed by atoms with van der Waals surface area (Å²) >= 11 is 0. The molecule has 1 aromatic carbocycles. The molecule has 1 aliphatic carbocycles. The average Bonchev–Trinajstić information content (AvgIpc) is 2.89. The van der Waals surface area contributed by atoms with Gasteiger partial charge in [-0.3, -0.25) is 4.79 Å². The Morgan fingerprint density at radius 2 is 2.15 bits per heavy atom. The Labute approximate surface area is 117 Å². The molecule has 0 heterocycles. The fraction of sp³-hybridized carbons (Fsp3) is 0.429. The molecule has 5 nitrogen and oxygen atoms in total. The number of nitrogens with one attached hydrogen (secondary N) is 2. The summed E-state index contributed by atoms with van der Waals surface area (Å²) in [6, 6.07) is 6.08. The van der Waals surface area contributed by atoms with Crippen LogP contribution in [0, 0.1) is 5.82 Å². The lowest BCUT2D eigenvalue weighted by molar-refractivity contribution is -0.114. The first-order chi connectivity index (χ1) is 9.63. The summed E-state index contributed by atoms with van der Waals surface area (Å²) in [5.41, 5.74) is 6.13. The number of rotatable bonds is 4. The van der Waals surface area contributed by atoms with Gasteiger partial charge in [-0.2, -0.15) is 0 Å². The van der Waals surface area contributed by atoms with Crippen LogP contribution >= 0.6 is 0 Å². The van der Waals surface area contributed by atoms with Crippen molar-refractivity contribution in [2.75, 3.05) is 11.9 Å². The van der Waals surface area contributed by atoms with Crippen LogP contribution in [0.25, 0.3) is 0 Å². The number of anilines is 1. The Balaban J connectivity index is 1.78. The average molecular weight is 278 g/mol. The lowest BCUT2D eigenvalue weighted by Gasteiger charge is -2.12. The van der Waals surface area contributed by atoms with Crippen LogP contribution in [0.3, 0.4) is 0 Å². The lowest BCUT2D eigenvalue weighted by atomic mass is 10.2. The molecule has 1 saturated carbocycles. The first-order valence-corrected chi connectivity index (χ1v) is 6.75. The zero-order chi connectivity index (χ0) is 14.4. The summed E-state index contributed by atoms with van der Waals surface area (Å²) in [6.07, 6.45) is 4.58. The smallest absolute Gasteiger partial charge is 0.246 e. The third kappa shape index (κ3) is 4.53. The van der Waals surface area contributed by atoms with Gasteiger partial charge in [0, 0.05) is 11.7 Å².